The standard InChI is InChI=1S/C21H16ClFOS/c22-17-8-12-19(13-9-17)25-21(16-4-2-1-3-5-16)14-20(24)15-6-10-18(23)11-7-15/h1-13,21H,14H2/t21-/m1/s1. The molecule has 0 bridgehead atoms. The lowest BCUT2D eigenvalue weighted by Crippen LogP contribution is -2.05. The number of Topliss-reactive ketones (excluding diaryl/α,β-unsaturated/α-hetero) is 1. The van der Waals surface area contributed by atoms with Gasteiger partial charge in [-0.05, 0) is 54.1 Å². The highest BCUT2D eigenvalue weighted by Gasteiger charge is 2.18. The third kappa shape index (κ3) is 4.94. The maximum Gasteiger partial charge on any atom is 0.164 e. The SMILES string of the molecule is O=C(C[C@@H](Sc1ccc(Cl)cc1)c1ccccc1)c1ccc(F)cc1. The van der Waals surface area contributed by atoms with Gasteiger partial charge in [0.05, 0.1) is 0 Å². The Hall–Kier alpha value is -2.10. The number of benzene rings is 3. The molecule has 3 aromatic rings. The molecule has 25 heavy (non-hydrogen) atoms. The van der Waals surface area contributed by atoms with Crippen molar-refractivity contribution in [3.8, 4) is 0 Å². The van der Waals surface area contributed by atoms with Crippen LogP contribution in [0, 0.1) is 5.82 Å². The first-order chi connectivity index (χ1) is 12.1. The molecule has 0 heterocycles. The minimum Gasteiger partial charge on any atom is -0.294 e. The molecule has 0 amide bonds. The average Bonchev–Trinajstić information content (AvgIpc) is 2.64. The van der Waals surface area contributed by atoms with Crippen molar-refractivity contribution < 1.29 is 9.18 Å². The second-order valence-electron chi connectivity index (χ2n) is 5.61. The van der Waals surface area contributed by atoms with Gasteiger partial charge in [0.2, 0.25) is 0 Å². The first-order valence-electron chi connectivity index (χ1n) is 7.88. The van der Waals surface area contributed by atoms with Gasteiger partial charge in [-0.3, -0.25) is 4.79 Å². The molecule has 0 saturated heterocycles. The monoisotopic (exact) mass is 370 g/mol. The van der Waals surface area contributed by atoms with Gasteiger partial charge in [0.1, 0.15) is 5.82 Å². The fourth-order valence-electron chi connectivity index (χ4n) is 2.49. The van der Waals surface area contributed by atoms with Crippen LogP contribution in [0.3, 0.4) is 0 Å². The van der Waals surface area contributed by atoms with E-state index in [-0.39, 0.29) is 16.9 Å². The van der Waals surface area contributed by atoms with Crippen molar-refractivity contribution in [3.63, 3.8) is 0 Å². The summed E-state index contributed by atoms with van der Waals surface area (Å²) in [5.41, 5.74) is 1.61. The van der Waals surface area contributed by atoms with E-state index in [1.807, 2.05) is 54.6 Å². The van der Waals surface area contributed by atoms with Gasteiger partial charge in [0, 0.05) is 27.2 Å². The normalized spacial score (nSPS) is 11.9. The van der Waals surface area contributed by atoms with Crippen molar-refractivity contribution in [2.24, 2.45) is 0 Å². The molecule has 0 radical (unpaired) electrons. The Kier molecular flexibility index (Phi) is 5.90. The fourth-order valence-corrected chi connectivity index (χ4v) is 3.77. The summed E-state index contributed by atoms with van der Waals surface area (Å²) in [5, 5.41) is 0.655. The van der Waals surface area contributed by atoms with Crippen molar-refractivity contribution in [1.82, 2.24) is 0 Å². The molecule has 0 N–H and O–H groups in total. The summed E-state index contributed by atoms with van der Waals surface area (Å²) in [6, 6.07) is 23.2. The van der Waals surface area contributed by atoms with E-state index in [4.69, 9.17) is 11.6 Å². The molecule has 0 aliphatic heterocycles. The molecule has 0 unspecified atom stereocenters. The largest absolute Gasteiger partial charge is 0.294 e. The Bertz CT molecular complexity index is 832. The highest BCUT2D eigenvalue weighted by atomic mass is 35.5. The van der Waals surface area contributed by atoms with Crippen LogP contribution in [0.2, 0.25) is 5.02 Å². The quantitative estimate of drug-likeness (QED) is 0.360. The van der Waals surface area contributed by atoms with E-state index >= 15 is 0 Å². The summed E-state index contributed by atoms with van der Waals surface area (Å²) in [6.07, 6.45) is 0.336. The second-order valence-corrected chi connectivity index (χ2v) is 7.32. The number of carbonyl (C=O) groups excluding carboxylic acids is 1. The van der Waals surface area contributed by atoms with E-state index < -0.39 is 0 Å². The topological polar surface area (TPSA) is 17.1 Å². The average molecular weight is 371 g/mol. The van der Waals surface area contributed by atoms with Gasteiger partial charge in [-0.1, -0.05) is 41.9 Å². The Labute approximate surface area is 155 Å². The molecular formula is C21H16ClFOS. The van der Waals surface area contributed by atoms with Gasteiger partial charge in [-0.15, -0.1) is 11.8 Å². The first-order valence-corrected chi connectivity index (χ1v) is 9.13. The maximum absolute atomic E-state index is 13.1. The van der Waals surface area contributed by atoms with E-state index in [1.165, 1.54) is 24.3 Å². The molecule has 0 aromatic heterocycles. The number of hydrogen-bond acceptors (Lipinski definition) is 2. The summed E-state index contributed by atoms with van der Waals surface area (Å²) in [5.74, 6) is -0.345. The molecule has 4 heteroatoms. The van der Waals surface area contributed by atoms with Crippen LogP contribution in [0.25, 0.3) is 0 Å². The molecule has 126 valence electrons. The van der Waals surface area contributed by atoms with Gasteiger partial charge in [-0.2, -0.15) is 0 Å². The van der Waals surface area contributed by atoms with Crippen LogP contribution in [0.4, 0.5) is 4.39 Å². The second kappa shape index (κ2) is 8.32. The molecule has 0 spiro atoms. The first kappa shape index (κ1) is 17.7. The smallest absolute Gasteiger partial charge is 0.164 e. The number of halogens is 2. The zero-order valence-electron chi connectivity index (χ0n) is 13.4. The van der Waals surface area contributed by atoms with E-state index in [1.54, 1.807) is 11.8 Å². The lowest BCUT2D eigenvalue weighted by Gasteiger charge is -2.17. The molecule has 0 aliphatic rings. The zero-order chi connectivity index (χ0) is 17.6. The van der Waals surface area contributed by atoms with Crippen molar-refractivity contribution >= 4 is 29.1 Å². The predicted molar refractivity (Wildman–Crippen MR) is 102 cm³/mol. The van der Waals surface area contributed by atoms with Gasteiger partial charge < -0.3 is 0 Å². The van der Waals surface area contributed by atoms with E-state index in [0.717, 1.165) is 10.5 Å². The molecule has 0 aliphatic carbocycles. The number of rotatable bonds is 6. The van der Waals surface area contributed by atoms with Crippen LogP contribution in [0.5, 0.6) is 0 Å². The summed E-state index contributed by atoms with van der Waals surface area (Å²) >= 11 is 7.57. The van der Waals surface area contributed by atoms with Crippen LogP contribution in [-0.2, 0) is 0 Å². The maximum atomic E-state index is 13.1. The Balaban J connectivity index is 1.82. The van der Waals surface area contributed by atoms with Crippen LogP contribution < -0.4 is 0 Å². The Morgan fingerprint density at radius 3 is 2.20 bits per heavy atom. The van der Waals surface area contributed by atoms with E-state index in [2.05, 4.69) is 0 Å². The van der Waals surface area contributed by atoms with Crippen LogP contribution >= 0.6 is 23.4 Å². The van der Waals surface area contributed by atoms with Crippen molar-refractivity contribution in [2.45, 2.75) is 16.6 Å². The number of ketones is 1. The van der Waals surface area contributed by atoms with Crippen LogP contribution in [0.15, 0.2) is 83.8 Å². The Morgan fingerprint density at radius 1 is 0.920 bits per heavy atom. The van der Waals surface area contributed by atoms with Crippen LogP contribution in [0.1, 0.15) is 27.6 Å². The molecule has 1 atom stereocenters. The molecule has 3 aromatic carbocycles. The van der Waals surface area contributed by atoms with E-state index in [0.29, 0.717) is 17.0 Å². The molecule has 1 nitrogen and oxygen atoms in total. The lowest BCUT2D eigenvalue weighted by molar-refractivity contribution is 0.0982. The predicted octanol–water partition coefficient (Wildman–Crippen LogP) is 6.59. The Morgan fingerprint density at radius 2 is 1.56 bits per heavy atom. The summed E-state index contributed by atoms with van der Waals surface area (Å²) in [7, 11) is 0. The zero-order valence-corrected chi connectivity index (χ0v) is 14.9. The number of thioether (sulfide) groups is 1. The lowest BCUT2D eigenvalue weighted by atomic mass is 10.0. The molecule has 0 fully saturated rings. The number of hydrogen-bond donors (Lipinski definition) is 0. The van der Waals surface area contributed by atoms with Crippen molar-refractivity contribution in [1.29, 1.82) is 0 Å². The highest BCUT2D eigenvalue weighted by molar-refractivity contribution is 7.99. The molecular weight excluding hydrogens is 355 g/mol. The van der Waals surface area contributed by atoms with E-state index in [9.17, 15) is 9.18 Å². The summed E-state index contributed by atoms with van der Waals surface area (Å²) in [4.78, 5) is 13.7. The fraction of sp³-hybridized carbons (Fsp3) is 0.0952. The number of carbonyl (C=O) groups is 1. The highest BCUT2D eigenvalue weighted by Crippen LogP contribution is 2.38. The van der Waals surface area contributed by atoms with Crippen molar-refractivity contribution in [3.05, 3.63) is 101 Å². The van der Waals surface area contributed by atoms with Gasteiger partial charge >= 0.3 is 0 Å². The minimum absolute atomic E-state index is 0.00434. The van der Waals surface area contributed by atoms with Crippen LogP contribution in [-0.4, -0.2) is 5.78 Å². The third-order valence-electron chi connectivity index (χ3n) is 3.80. The summed E-state index contributed by atoms with van der Waals surface area (Å²) < 4.78 is 13.1. The summed E-state index contributed by atoms with van der Waals surface area (Å²) in [6.45, 7) is 0. The van der Waals surface area contributed by atoms with Gasteiger partial charge in [0.25, 0.3) is 0 Å². The van der Waals surface area contributed by atoms with Gasteiger partial charge in [-0.25, -0.2) is 4.39 Å². The van der Waals surface area contributed by atoms with Crippen molar-refractivity contribution in [2.75, 3.05) is 0 Å². The van der Waals surface area contributed by atoms with Gasteiger partial charge in [0.15, 0.2) is 5.78 Å². The minimum atomic E-state index is -0.341. The molecule has 0 saturated carbocycles. The molecule has 3 rings (SSSR count). The third-order valence-corrected chi connectivity index (χ3v) is 5.32.